The Labute approximate surface area is 154 Å². The number of carboxylic acids is 1. The van der Waals surface area contributed by atoms with Crippen molar-refractivity contribution in [1.29, 1.82) is 0 Å². The normalized spacial score (nSPS) is 16.5. The van der Waals surface area contributed by atoms with Gasteiger partial charge in [0.05, 0.1) is 5.69 Å². The molecule has 2 aromatic heterocycles. The van der Waals surface area contributed by atoms with E-state index >= 15 is 0 Å². The van der Waals surface area contributed by atoms with Crippen LogP contribution in [0.1, 0.15) is 22.1 Å². The smallest absolute Gasteiger partial charge is 0.356 e. The Hall–Kier alpha value is -3.18. The van der Waals surface area contributed by atoms with E-state index in [2.05, 4.69) is 10.1 Å². The van der Waals surface area contributed by atoms with Gasteiger partial charge in [-0.1, -0.05) is 60.2 Å². The van der Waals surface area contributed by atoms with E-state index in [0.29, 0.717) is 10.7 Å². The van der Waals surface area contributed by atoms with Gasteiger partial charge in [0.2, 0.25) is 0 Å². The van der Waals surface area contributed by atoms with Gasteiger partial charge in [-0.25, -0.2) is 14.3 Å². The van der Waals surface area contributed by atoms with Crippen molar-refractivity contribution in [1.82, 2.24) is 14.6 Å². The molecule has 1 unspecified atom stereocenters. The first-order valence-corrected chi connectivity index (χ1v) is 8.41. The number of aromatic nitrogens is 3. The first-order chi connectivity index (χ1) is 12.6. The number of benzene rings is 1. The predicted molar refractivity (Wildman–Crippen MR) is 100 cm³/mol. The van der Waals surface area contributed by atoms with Crippen LogP contribution in [0, 0.1) is 0 Å². The summed E-state index contributed by atoms with van der Waals surface area (Å²) in [5.41, 5.74) is 3.15. The minimum atomic E-state index is -1.08. The zero-order valence-electron chi connectivity index (χ0n) is 13.6. The molecule has 0 fully saturated rings. The fourth-order valence-electron chi connectivity index (χ4n) is 2.98. The summed E-state index contributed by atoms with van der Waals surface area (Å²) >= 11 is 6.11. The Morgan fingerprint density at radius 1 is 1.19 bits per heavy atom. The lowest BCUT2D eigenvalue weighted by Gasteiger charge is -2.16. The summed E-state index contributed by atoms with van der Waals surface area (Å²) in [4.78, 5) is 15.8. The molecule has 5 nitrogen and oxygen atoms in total. The lowest BCUT2D eigenvalue weighted by Crippen LogP contribution is -2.08. The van der Waals surface area contributed by atoms with Crippen LogP contribution in [0.3, 0.4) is 0 Å². The van der Waals surface area contributed by atoms with Gasteiger partial charge >= 0.3 is 5.97 Å². The highest BCUT2D eigenvalue weighted by atomic mass is 35.5. The van der Waals surface area contributed by atoms with Crippen LogP contribution in [0.4, 0.5) is 0 Å². The molecule has 26 heavy (non-hydrogen) atoms. The van der Waals surface area contributed by atoms with Crippen molar-refractivity contribution in [3.63, 3.8) is 0 Å². The maximum absolute atomic E-state index is 11.4. The molecule has 3 aromatic rings. The molecule has 2 heterocycles. The summed E-state index contributed by atoms with van der Waals surface area (Å²) in [7, 11) is 0. The van der Waals surface area contributed by atoms with E-state index in [1.54, 1.807) is 10.7 Å². The van der Waals surface area contributed by atoms with Crippen LogP contribution in [-0.4, -0.2) is 25.7 Å². The summed E-state index contributed by atoms with van der Waals surface area (Å²) in [6.45, 7) is 0. The van der Waals surface area contributed by atoms with Crippen LogP contribution in [-0.2, 0) is 0 Å². The summed E-state index contributed by atoms with van der Waals surface area (Å²) in [5.74, 6) is -1.22. The Kier molecular flexibility index (Phi) is 4.14. The number of aromatic carboxylic acids is 1. The molecule has 0 radical (unpaired) electrons. The number of carboxylic acid groups (broad SMARTS) is 1. The molecule has 1 atom stereocenters. The molecule has 0 aliphatic heterocycles. The quantitative estimate of drug-likeness (QED) is 0.747. The van der Waals surface area contributed by atoms with Gasteiger partial charge in [0.25, 0.3) is 0 Å². The Balaban J connectivity index is 1.99. The molecular formula is C20H14ClN3O2. The number of carbonyl (C=O) groups is 1. The fourth-order valence-corrected chi connectivity index (χ4v) is 3.13. The van der Waals surface area contributed by atoms with Gasteiger partial charge in [-0.2, -0.15) is 5.10 Å². The lowest BCUT2D eigenvalue weighted by molar-refractivity contribution is 0.0690. The number of allylic oxidation sites excluding steroid dienone is 6. The van der Waals surface area contributed by atoms with Crippen LogP contribution in [0.25, 0.3) is 16.8 Å². The average molecular weight is 364 g/mol. The molecule has 0 saturated heterocycles. The second kappa shape index (κ2) is 6.61. The van der Waals surface area contributed by atoms with Gasteiger partial charge in [-0.05, 0) is 17.7 Å². The Morgan fingerprint density at radius 2 is 2.00 bits per heavy atom. The molecule has 1 aliphatic carbocycles. The van der Waals surface area contributed by atoms with Gasteiger partial charge in [0.1, 0.15) is 0 Å². The predicted octanol–water partition coefficient (Wildman–Crippen LogP) is 4.43. The highest BCUT2D eigenvalue weighted by molar-refractivity contribution is 6.31. The van der Waals surface area contributed by atoms with Gasteiger partial charge in [0, 0.05) is 28.8 Å². The van der Waals surface area contributed by atoms with Crippen molar-refractivity contribution >= 4 is 23.2 Å². The van der Waals surface area contributed by atoms with E-state index < -0.39 is 5.97 Å². The van der Waals surface area contributed by atoms with Crippen molar-refractivity contribution in [3.8, 4) is 11.1 Å². The largest absolute Gasteiger partial charge is 0.476 e. The number of hydrogen-bond acceptors (Lipinski definition) is 3. The van der Waals surface area contributed by atoms with E-state index in [1.807, 2.05) is 60.7 Å². The Bertz CT molecular complexity index is 1080. The zero-order chi connectivity index (χ0) is 18.1. The van der Waals surface area contributed by atoms with Gasteiger partial charge in [-0.3, -0.25) is 0 Å². The average Bonchev–Trinajstić information content (AvgIpc) is 2.98. The monoisotopic (exact) mass is 363 g/mol. The lowest BCUT2D eigenvalue weighted by atomic mass is 9.96. The third kappa shape index (κ3) is 2.93. The maximum Gasteiger partial charge on any atom is 0.356 e. The van der Waals surface area contributed by atoms with Crippen LogP contribution in [0.15, 0.2) is 78.0 Å². The third-order valence-corrected chi connectivity index (χ3v) is 4.43. The van der Waals surface area contributed by atoms with Crippen LogP contribution in [0.5, 0.6) is 0 Å². The number of fused-ring (bicyclic) bond motifs is 1. The highest BCUT2D eigenvalue weighted by Gasteiger charge is 2.20. The number of halogens is 1. The first kappa shape index (κ1) is 16.3. The van der Waals surface area contributed by atoms with Crippen LogP contribution < -0.4 is 0 Å². The van der Waals surface area contributed by atoms with Crippen molar-refractivity contribution in [2.45, 2.75) is 5.92 Å². The minimum Gasteiger partial charge on any atom is -0.476 e. The van der Waals surface area contributed by atoms with Crippen molar-refractivity contribution in [2.24, 2.45) is 0 Å². The number of rotatable bonds is 3. The molecule has 0 spiro atoms. The van der Waals surface area contributed by atoms with Crippen LogP contribution in [0.2, 0.25) is 0 Å². The topological polar surface area (TPSA) is 67.5 Å². The molecule has 1 aliphatic rings. The molecule has 1 aromatic carbocycles. The third-order valence-electron chi connectivity index (χ3n) is 4.18. The molecular weight excluding hydrogens is 350 g/mol. The minimum absolute atomic E-state index is 0.0401. The summed E-state index contributed by atoms with van der Waals surface area (Å²) in [6.07, 6.45) is 11.2. The van der Waals surface area contributed by atoms with Crippen LogP contribution >= 0.6 is 11.6 Å². The van der Waals surface area contributed by atoms with Gasteiger partial charge in [0.15, 0.2) is 11.3 Å². The van der Waals surface area contributed by atoms with E-state index in [9.17, 15) is 9.90 Å². The second-order valence-corrected chi connectivity index (χ2v) is 6.29. The van der Waals surface area contributed by atoms with Gasteiger partial charge < -0.3 is 5.11 Å². The van der Waals surface area contributed by atoms with Crippen molar-refractivity contribution in [3.05, 3.63) is 89.4 Å². The number of nitrogens with zero attached hydrogens (tertiary/aromatic N) is 3. The molecule has 0 bridgehead atoms. The molecule has 1 N–H and O–H groups in total. The second-order valence-electron chi connectivity index (χ2n) is 5.85. The SMILES string of the molecule is O=C(O)c1cc2ncc(-c3ccccc3)c(C3C=CC=C(Cl)C=C3)n2n1. The number of hydrogen-bond donors (Lipinski definition) is 1. The van der Waals surface area contributed by atoms with E-state index in [-0.39, 0.29) is 11.6 Å². The summed E-state index contributed by atoms with van der Waals surface area (Å²) in [6, 6.07) is 11.3. The summed E-state index contributed by atoms with van der Waals surface area (Å²) in [5, 5.41) is 14.2. The highest BCUT2D eigenvalue weighted by Crippen LogP contribution is 2.32. The molecule has 128 valence electrons. The van der Waals surface area contributed by atoms with E-state index in [4.69, 9.17) is 11.6 Å². The van der Waals surface area contributed by atoms with Gasteiger partial charge in [-0.15, -0.1) is 0 Å². The first-order valence-electron chi connectivity index (χ1n) is 8.03. The standard InChI is InChI=1S/C20H14ClN3O2/c21-15-8-4-7-14(9-10-15)19-16(13-5-2-1-3-6-13)12-22-18-11-17(20(25)26)23-24(18)19/h1-12,14H,(H,25,26). The zero-order valence-corrected chi connectivity index (χ0v) is 14.3. The fraction of sp³-hybridized carbons (Fsp3) is 0.0500. The molecule has 4 rings (SSSR count). The summed E-state index contributed by atoms with van der Waals surface area (Å²) < 4.78 is 1.60. The molecule has 6 heteroatoms. The molecule has 0 amide bonds. The van der Waals surface area contributed by atoms with Crippen molar-refractivity contribution in [2.75, 3.05) is 0 Å². The van der Waals surface area contributed by atoms with E-state index in [1.165, 1.54) is 6.07 Å². The van der Waals surface area contributed by atoms with Crippen molar-refractivity contribution < 1.29 is 9.90 Å². The maximum atomic E-state index is 11.4. The Morgan fingerprint density at radius 3 is 2.77 bits per heavy atom. The van der Waals surface area contributed by atoms with E-state index in [0.717, 1.165) is 16.8 Å². The molecule has 0 saturated carbocycles.